The zero-order chi connectivity index (χ0) is 33.6. The minimum Gasteiger partial charge on any atom is -0.394 e. The molecule has 0 heterocycles. The largest absolute Gasteiger partial charge is 0.394 e. The second-order valence-corrected chi connectivity index (χ2v) is 14.4. The highest BCUT2D eigenvalue weighted by atomic mass is 16.3. The first-order valence-corrected chi connectivity index (χ1v) is 20.9. The van der Waals surface area contributed by atoms with Crippen LogP contribution in [0, 0.1) is 0 Å². The first kappa shape index (κ1) is 45.1. The number of nitrogens with one attached hydrogen (secondary N) is 1. The average molecular weight is 650 g/mol. The summed E-state index contributed by atoms with van der Waals surface area (Å²) in [5.74, 6) is -0.0603. The highest BCUT2D eigenvalue weighted by molar-refractivity contribution is 5.76. The molecular weight excluding hydrogens is 566 g/mol. The molecule has 0 spiro atoms. The minimum atomic E-state index is -0.832. The van der Waals surface area contributed by atoms with Gasteiger partial charge in [0.2, 0.25) is 5.91 Å². The number of hydrogen-bond donors (Lipinski definition) is 3. The summed E-state index contributed by atoms with van der Waals surface area (Å²) in [7, 11) is 0. The van der Waals surface area contributed by atoms with Gasteiger partial charge in [-0.1, -0.05) is 219 Å². The second-order valence-electron chi connectivity index (χ2n) is 14.4. The fourth-order valence-corrected chi connectivity index (χ4v) is 6.53. The van der Waals surface area contributed by atoms with Gasteiger partial charge in [-0.05, 0) is 19.3 Å². The molecule has 0 unspecified atom stereocenters. The number of amides is 1. The van der Waals surface area contributed by atoms with E-state index in [2.05, 4.69) is 19.2 Å². The molecule has 2 atom stereocenters. The summed E-state index contributed by atoms with van der Waals surface area (Å²) in [4.78, 5) is 12.4. The van der Waals surface area contributed by atoms with Gasteiger partial charge in [0.15, 0.2) is 0 Å². The summed E-state index contributed by atoms with van der Waals surface area (Å²) in [5.41, 5.74) is 0. The summed E-state index contributed by atoms with van der Waals surface area (Å²) in [6.45, 7) is 4.32. The zero-order valence-corrected chi connectivity index (χ0v) is 31.4. The van der Waals surface area contributed by atoms with Crippen LogP contribution in [-0.4, -0.2) is 34.9 Å². The quantitative estimate of drug-likeness (QED) is 0.0460. The Bertz CT molecular complexity index is 622. The molecule has 0 aliphatic carbocycles. The van der Waals surface area contributed by atoms with Crippen molar-refractivity contribution in [2.24, 2.45) is 0 Å². The van der Waals surface area contributed by atoms with E-state index in [1.807, 2.05) is 6.08 Å². The van der Waals surface area contributed by atoms with E-state index in [1.165, 1.54) is 186 Å². The molecule has 4 heteroatoms. The first-order chi connectivity index (χ1) is 22.7. The molecule has 0 bridgehead atoms. The molecule has 0 aromatic heterocycles. The van der Waals surface area contributed by atoms with E-state index in [-0.39, 0.29) is 12.5 Å². The smallest absolute Gasteiger partial charge is 0.220 e. The number of aliphatic hydroxyl groups is 2. The molecule has 0 saturated heterocycles. The summed E-state index contributed by atoms with van der Waals surface area (Å²) in [6.07, 6.45) is 47.4. The Kier molecular flexibility index (Phi) is 37.8. The van der Waals surface area contributed by atoms with E-state index in [9.17, 15) is 15.0 Å². The Morgan fingerprint density at radius 3 is 1.13 bits per heavy atom. The minimum absolute atomic E-state index is 0.0603. The van der Waals surface area contributed by atoms with Crippen LogP contribution in [0.15, 0.2) is 12.2 Å². The summed E-state index contributed by atoms with van der Waals surface area (Å²) in [5, 5.41) is 23.0. The number of rotatable bonds is 38. The van der Waals surface area contributed by atoms with Crippen LogP contribution >= 0.6 is 0 Å². The molecule has 0 saturated carbocycles. The van der Waals surface area contributed by atoms with E-state index >= 15 is 0 Å². The van der Waals surface area contributed by atoms with Crippen molar-refractivity contribution in [2.45, 2.75) is 244 Å². The molecule has 274 valence electrons. The van der Waals surface area contributed by atoms with E-state index in [1.54, 1.807) is 6.08 Å². The molecular formula is C42H83NO3. The zero-order valence-electron chi connectivity index (χ0n) is 31.4. The molecule has 0 fully saturated rings. The van der Waals surface area contributed by atoms with Crippen LogP contribution in [-0.2, 0) is 4.79 Å². The van der Waals surface area contributed by atoms with Gasteiger partial charge in [0.05, 0.1) is 18.8 Å². The summed E-state index contributed by atoms with van der Waals surface area (Å²) >= 11 is 0. The number of aliphatic hydroxyl groups excluding tert-OH is 2. The maximum absolute atomic E-state index is 12.4. The Labute approximate surface area is 288 Å². The van der Waals surface area contributed by atoms with Crippen molar-refractivity contribution in [3.05, 3.63) is 12.2 Å². The highest BCUT2D eigenvalue weighted by Crippen LogP contribution is 2.16. The topological polar surface area (TPSA) is 69.6 Å². The van der Waals surface area contributed by atoms with Gasteiger partial charge in [-0.25, -0.2) is 0 Å². The van der Waals surface area contributed by atoms with E-state index in [0.29, 0.717) is 6.42 Å². The standard InChI is InChI=1S/C42H83NO3/c1-3-5-7-9-11-13-15-17-19-20-21-22-23-24-26-28-30-32-34-36-38-42(46)43-40(39-44)41(45)37-35-33-31-29-27-25-18-16-14-12-10-8-6-4-2/h35,37,40-41,44-45H,3-34,36,38-39H2,1-2H3,(H,43,46)/b37-35+/t40-,41+/m0/s1. The van der Waals surface area contributed by atoms with Crippen LogP contribution in [0.25, 0.3) is 0 Å². The number of carbonyl (C=O) groups is 1. The van der Waals surface area contributed by atoms with Crippen LogP contribution in [0.2, 0.25) is 0 Å². The summed E-state index contributed by atoms with van der Waals surface area (Å²) in [6, 6.07) is -0.615. The van der Waals surface area contributed by atoms with Gasteiger partial charge in [-0.15, -0.1) is 0 Å². The van der Waals surface area contributed by atoms with Crippen molar-refractivity contribution >= 4 is 5.91 Å². The molecule has 0 aliphatic heterocycles. The Morgan fingerprint density at radius 2 is 0.804 bits per heavy atom. The maximum Gasteiger partial charge on any atom is 0.220 e. The van der Waals surface area contributed by atoms with Crippen molar-refractivity contribution in [3.8, 4) is 0 Å². The normalized spacial score (nSPS) is 13.0. The fraction of sp³-hybridized carbons (Fsp3) is 0.929. The SMILES string of the molecule is CCCCCCCCCCCCCC/C=C/[C@@H](O)[C@H](CO)NC(=O)CCCCCCCCCCCCCCCCCCCCCC. The van der Waals surface area contributed by atoms with Gasteiger partial charge in [-0.3, -0.25) is 4.79 Å². The second kappa shape index (κ2) is 38.6. The number of unbranched alkanes of at least 4 members (excludes halogenated alkanes) is 31. The number of carbonyl (C=O) groups excluding carboxylic acids is 1. The van der Waals surface area contributed by atoms with Gasteiger partial charge in [0, 0.05) is 6.42 Å². The number of allylic oxidation sites excluding steroid dienone is 1. The molecule has 4 nitrogen and oxygen atoms in total. The third-order valence-corrected chi connectivity index (χ3v) is 9.77. The van der Waals surface area contributed by atoms with Gasteiger partial charge in [-0.2, -0.15) is 0 Å². The van der Waals surface area contributed by atoms with Crippen LogP contribution in [0.5, 0.6) is 0 Å². The maximum atomic E-state index is 12.4. The van der Waals surface area contributed by atoms with Crippen molar-refractivity contribution in [1.82, 2.24) is 5.32 Å². The van der Waals surface area contributed by atoms with Crippen LogP contribution in [0.4, 0.5) is 0 Å². The average Bonchev–Trinajstić information content (AvgIpc) is 3.06. The lowest BCUT2D eigenvalue weighted by molar-refractivity contribution is -0.123. The molecule has 0 aliphatic rings. The lowest BCUT2D eigenvalue weighted by Crippen LogP contribution is -2.45. The van der Waals surface area contributed by atoms with Crippen molar-refractivity contribution in [1.29, 1.82) is 0 Å². The van der Waals surface area contributed by atoms with Crippen molar-refractivity contribution in [2.75, 3.05) is 6.61 Å². The van der Waals surface area contributed by atoms with Gasteiger partial charge < -0.3 is 15.5 Å². The van der Waals surface area contributed by atoms with Crippen LogP contribution < -0.4 is 5.32 Å². The fourth-order valence-electron chi connectivity index (χ4n) is 6.53. The van der Waals surface area contributed by atoms with Gasteiger partial charge >= 0.3 is 0 Å². The van der Waals surface area contributed by atoms with Crippen LogP contribution in [0.3, 0.4) is 0 Å². The Morgan fingerprint density at radius 1 is 0.500 bits per heavy atom. The van der Waals surface area contributed by atoms with Crippen molar-refractivity contribution < 1.29 is 15.0 Å². The predicted octanol–water partition coefficient (Wildman–Crippen LogP) is 12.7. The lowest BCUT2D eigenvalue weighted by atomic mass is 10.0. The van der Waals surface area contributed by atoms with E-state index < -0.39 is 12.1 Å². The molecule has 0 rings (SSSR count). The molecule has 0 aromatic rings. The van der Waals surface area contributed by atoms with E-state index in [0.717, 1.165) is 25.7 Å². The first-order valence-electron chi connectivity index (χ1n) is 20.9. The van der Waals surface area contributed by atoms with Crippen LogP contribution in [0.1, 0.15) is 232 Å². The molecule has 0 radical (unpaired) electrons. The van der Waals surface area contributed by atoms with Gasteiger partial charge in [0.1, 0.15) is 0 Å². The predicted molar refractivity (Wildman–Crippen MR) is 202 cm³/mol. The lowest BCUT2D eigenvalue weighted by Gasteiger charge is -2.20. The molecule has 3 N–H and O–H groups in total. The molecule has 1 amide bonds. The van der Waals surface area contributed by atoms with Gasteiger partial charge in [0.25, 0.3) is 0 Å². The monoisotopic (exact) mass is 650 g/mol. The Hall–Kier alpha value is -0.870. The molecule has 0 aromatic carbocycles. The van der Waals surface area contributed by atoms with E-state index in [4.69, 9.17) is 0 Å². The number of hydrogen-bond acceptors (Lipinski definition) is 3. The Balaban J connectivity index is 3.52. The summed E-state index contributed by atoms with van der Waals surface area (Å²) < 4.78 is 0. The highest BCUT2D eigenvalue weighted by Gasteiger charge is 2.17. The third-order valence-electron chi connectivity index (χ3n) is 9.77. The third kappa shape index (κ3) is 34.5. The molecule has 46 heavy (non-hydrogen) atoms. The van der Waals surface area contributed by atoms with Crippen molar-refractivity contribution in [3.63, 3.8) is 0 Å².